The predicted molar refractivity (Wildman–Crippen MR) is 87.8 cm³/mol. The van der Waals surface area contributed by atoms with Crippen LogP contribution in [0.5, 0.6) is 5.75 Å². The minimum Gasteiger partial charge on any atom is -0.474 e. The Balaban J connectivity index is 2.09. The quantitative estimate of drug-likeness (QED) is 0.646. The molecular weight excluding hydrogens is 334 g/mol. The zero-order valence-corrected chi connectivity index (χ0v) is 14.0. The Kier molecular flexibility index (Phi) is 5.62. The summed E-state index contributed by atoms with van der Waals surface area (Å²) >= 11 is 5.75. The van der Waals surface area contributed by atoms with Crippen LogP contribution >= 0.6 is 11.6 Å². The van der Waals surface area contributed by atoms with Crippen molar-refractivity contribution in [2.24, 2.45) is 0 Å². The van der Waals surface area contributed by atoms with Gasteiger partial charge in [-0.25, -0.2) is 0 Å². The highest BCUT2D eigenvalue weighted by atomic mass is 35.5. The number of ether oxygens (including phenoxy) is 1. The fourth-order valence-corrected chi connectivity index (χ4v) is 2.90. The molecule has 128 valence electrons. The molecule has 0 aromatic heterocycles. The molecule has 0 bridgehead atoms. The Morgan fingerprint density at radius 2 is 2.12 bits per heavy atom. The predicted octanol–water partition coefficient (Wildman–Crippen LogP) is 3.36. The number of nitrogens with one attached hydrogen (secondary N) is 1. The third-order valence-corrected chi connectivity index (χ3v) is 4.31. The number of carbonyl (C=O) groups is 1. The van der Waals surface area contributed by atoms with E-state index in [1.54, 1.807) is 0 Å². The smallest absolute Gasteiger partial charge is 0.312 e. The van der Waals surface area contributed by atoms with E-state index < -0.39 is 22.5 Å². The molecule has 1 aliphatic carbocycles. The van der Waals surface area contributed by atoms with Gasteiger partial charge in [0.15, 0.2) is 11.9 Å². The Morgan fingerprint density at radius 1 is 1.46 bits per heavy atom. The highest BCUT2D eigenvalue weighted by Crippen LogP contribution is 2.31. The lowest BCUT2D eigenvalue weighted by Crippen LogP contribution is -2.52. The topological polar surface area (TPSA) is 105 Å². The maximum atomic E-state index is 12.3. The van der Waals surface area contributed by atoms with Crippen molar-refractivity contribution in [1.82, 2.24) is 5.32 Å². The number of hydrogen-bond acceptors (Lipinski definition) is 5. The van der Waals surface area contributed by atoms with Crippen molar-refractivity contribution >= 4 is 23.2 Å². The van der Waals surface area contributed by atoms with Crippen LogP contribution in [0.2, 0.25) is 5.02 Å². The second-order valence-corrected chi connectivity index (χ2v) is 6.31. The van der Waals surface area contributed by atoms with Crippen LogP contribution in [-0.2, 0) is 4.79 Å². The summed E-state index contributed by atoms with van der Waals surface area (Å²) in [5.74, 6) is -0.510. The van der Waals surface area contributed by atoms with Gasteiger partial charge in [0, 0.05) is 11.1 Å². The Labute approximate surface area is 144 Å². The van der Waals surface area contributed by atoms with Gasteiger partial charge in [-0.2, -0.15) is 5.26 Å². The molecule has 0 unspecified atom stereocenters. The van der Waals surface area contributed by atoms with Crippen LogP contribution < -0.4 is 10.1 Å². The normalized spacial score (nSPS) is 17.4. The lowest BCUT2D eigenvalue weighted by molar-refractivity contribution is -0.386. The largest absolute Gasteiger partial charge is 0.474 e. The number of nitrogens with zero attached hydrogens (tertiary/aromatic N) is 2. The van der Waals surface area contributed by atoms with Gasteiger partial charge >= 0.3 is 5.69 Å². The van der Waals surface area contributed by atoms with Gasteiger partial charge in [0.05, 0.1) is 11.0 Å². The van der Waals surface area contributed by atoms with E-state index in [0.717, 1.165) is 19.3 Å². The molecule has 1 aromatic rings. The van der Waals surface area contributed by atoms with Crippen molar-refractivity contribution < 1.29 is 14.5 Å². The van der Waals surface area contributed by atoms with E-state index in [4.69, 9.17) is 16.3 Å². The summed E-state index contributed by atoms with van der Waals surface area (Å²) in [5.41, 5.74) is -1.19. The van der Waals surface area contributed by atoms with Crippen LogP contribution in [0.15, 0.2) is 18.2 Å². The lowest BCUT2D eigenvalue weighted by atomic mass is 9.83. The molecule has 0 radical (unpaired) electrons. The van der Waals surface area contributed by atoms with E-state index in [1.807, 2.05) is 0 Å². The summed E-state index contributed by atoms with van der Waals surface area (Å²) in [7, 11) is 0. The van der Waals surface area contributed by atoms with E-state index in [2.05, 4.69) is 11.4 Å². The molecule has 0 spiro atoms. The minimum absolute atomic E-state index is 0.0401. The first-order chi connectivity index (χ1) is 11.4. The summed E-state index contributed by atoms with van der Waals surface area (Å²) in [6.07, 6.45) is 3.03. The van der Waals surface area contributed by atoms with E-state index in [0.29, 0.717) is 12.8 Å². The van der Waals surface area contributed by atoms with Gasteiger partial charge in [0.25, 0.3) is 5.91 Å². The third kappa shape index (κ3) is 4.15. The number of nitriles is 1. The standard InChI is InChI=1S/C16H18ClN3O4/c1-11(15(21)19-16(10-18)7-3-2-4-8-16)24-14-6-5-12(17)9-13(14)20(22)23/h5-6,9,11H,2-4,7-8H2,1H3,(H,19,21)/t11-/m1/s1. The molecule has 1 amide bonds. The van der Waals surface area contributed by atoms with Crippen LogP contribution in [0.1, 0.15) is 39.0 Å². The van der Waals surface area contributed by atoms with Gasteiger partial charge in [0.2, 0.25) is 0 Å². The minimum atomic E-state index is -0.975. The molecule has 1 fully saturated rings. The highest BCUT2D eigenvalue weighted by molar-refractivity contribution is 6.30. The molecule has 0 heterocycles. The zero-order valence-electron chi connectivity index (χ0n) is 13.3. The van der Waals surface area contributed by atoms with Crippen LogP contribution in [0.25, 0.3) is 0 Å². The maximum Gasteiger partial charge on any atom is 0.312 e. The van der Waals surface area contributed by atoms with Gasteiger partial charge in [-0.3, -0.25) is 14.9 Å². The first-order valence-corrected chi connectivity index (χ1v) is 8.08. The molecule has 1 atom stereocenters. The lowest BCUT2D eigenvalue weighted by Gasteiger charge is -2.32. The van der Waals surface area contributed by atoms with E-state index in [1.165, 1.54) is 25.1 Å². The number of nitro benzene ring substituents is 1. The number of benzene rings is 1. The molecule has 1 aliphatic rings. The molecule has 8 heteroatoms. The van der Waals surface area contributed by atoms with Gasteiger partial charge in [-0.15, -0.1) is 0 Å². The van der Waals surface area contributed by atoms with Crippen molar-refractivity contribution in [1.29, 1.82) is 5.26 Å². The van der Waals surface area contributed by atoms with Crippen molar-refractivity contribution in [3.8, 4) is 11.8 Å². The molecule has 1 aromatic carbocycles. The van der Waals surface area contributed by atoms with E-state index in [9.17, 15) is 20.2 Å². The van der Waals surface area contributed by atoms with Gasteiger partial charge in [0.1, 0.15) is 5.54 Å². The molecule has 24 heavy (non-hydrogen) atoms. The summed E-state index contributed by atoms with van der Waals surface area (Å²) in [6, 6.07) is 6.16. The van der Waals surface area contributed by atoms with E-state index >= 15 is 0 Å². The van der Waals surface area contributed by atoms with E-state index in [-0.39, 0.29) is 16.5 Å². The number of hydrogen-bond donors (Lipinski definition) is 1. The first kappa shape index (κ1) is 18.0. The van der Waals surface area contributed by atoms with Gasteiger partial charge in [-0.1, -0.05) is 30.9 Å². The molecule has 0 aliphatic heterocycles. The number of nitro groups is 1. The Morgan fingerprint density at radius 3 is 2.71 bits per heavy atom. The Bertz CT molecular complexity index is 680. The van der Waals surface area contributed by atoms with Crippen LogP contribution in [0.4, 0.5) is 5.69 Å². The molecular formula is C16H18ClN3O4. The Hall–Kier alpha value is -2.33. The number of rotatable bonds is 5. The van der Waals surface area contributed by atoms with Crippen molar-refractivity contribution in [3.63, 3.8) is 0 Å². The molecule has 2 rings (SSSR count). The van der Waals surface area contributed by atoms with Crippen molar-refractivity contribution in [2.45, 2.75) is 50.7 Å². The fraction of sp³-hybridized carbons (Fsp3) is 0.500. The number of amides is 1. The number of carbonyl (C=O) groups excluding carboxylic acids is 1. The van der Waals surface area contributed by atoms with Crippen LogP contribution in [0.3, 0.4) is 0 Å². The van der Waals surface area contributed by atoms with Crippen molar-refractivity contribution in [2.75, 3.05) is 0 Å². The second-order valence-electron chi connectivity index (χ2n) is 5.87. The fourth-order valence-electron chi connectivity index (χ4n) is 2.73. The summed E-state index contributed by atoms with van der Waals surface area (Å²) in [4.78, 5) is 22.8. The summed E-state index contributed by atoms with van der Waals surface area (Å²) in [5, 5.41) is 23.4. The summed E-state index contributed by atoms with van der Waals surface area (Å²) in [6.45, 7) is 1.49. The zero-order chi connectivity index (χ0) is 17.7. The van der Waals surface area contributed by atoms with Crippen molar-refractivity contribution in [3.05, 3.63) is 33.3 Å². The van der Waals surface area contributed by atoms with Crippen LogP contribution in [0, 0.1) is 21.4 Å². The highest BCUT2D eigenvalue weighted by Gasteiger charge is 2.35. The summed E-state index contributed by atoms with van der Waals surface area (Å²) < 4.78 is 5.43. The molecule has 1 saturated carbocycles. The first-order valence-electron chi connectivity index (χ1n) is 7.71. The monoisotopic (exact) mass is 351 g/mol. The molecule has 1 N–H and O–H groups in total. The molecule has 0 saturated heterocycles. The third-order valence-electron chi connectivity index (χ3n) is 4.07. The number of halogens is 1. The average molecular weight is 352 g/mol. The maximum absolute atomic E-state index is 12.3. The second kappa shape index (κ2) is 7.49. The van der Waals surface area contributed by atoms with Gasteiger partial charge < -0.3 is 10.1 Å². The average Bonchev–Trinajstić information content (AvgIpc) is 2.57. The van der Waals surface area contributed by atoms with Gasteiger partial charge in [-0.05, 0) is 31.9 Å². The molecule has 7 nitrogen and oxygen atoms in total. The SMILES string of the molecule is C[C@@H](Oc1ccc(Cl)cc1[N+](=O)[O-])C(=O)NC1(C#N)CCCCC1. The van der Waals surface area contributed by atoms with Crippen LogP contribution in [-0.4, -0.2) is 22.5 Å².